The van der Waals surface area contributed by atoms with E-state index in [1.54, 1.807) is 0 Å². The first-order valence-corrected chi connectivity index (χ1v) is 9.21. The number of carbonyl (C=O) groups excluding carboxylic acids is 2. The highest BCUT2D eigenvalue weighted by Crippen LogP contribution is 2.61. The number of hydrogen-bond acceptors (Lipinski definition) is 4. The third-order valence-corrected chi connectivity index (χ3v) is 6.60. The molecule has 1 unspecified atom stereocenters. The maximum absolute atomic E-state index is 12.6. The van der Waals surface area contributed by atoms with E-state index in [9.17, 15) is 19.7 Å². The molecular formula is C19H23N3O4. The molecule has 2 amide bonds. The summed E-state index contributed by atoms with van der Waals surface area (Å²) in [4.78, 5) is 35.1. The molecule has 7 heteroatoms. The first-order chi connectivity index (χ1) is 12.4. The van der Waals surface area contributed by atoms with Crippen LogP contribution in [0.15, 0.2) is 24.3 Å². The topological polar surface area (TPSA) is 115 Å². The van der Waals surface area contributed by atoms with Gasteiger partial charge in [-0.3, -0.25) is 19.7 Å². The Balaban J connectivity index is 1.55. The smallest absolute Gasteiger partial charge is 0.269 e. The molecule has 0 aromatic heterocycles. The number of nitro benzene ring substituents is 1. The van der Waals surface area contributed by atoms with Gasteiger partial charge in [-0.15, -0.1) is 0 Å². The van der Waals surface area contributed by atoms with Gasteiger partial charge >= 0.3 is 0 Å². The summed E-state index contributed by atoms with van der Waals surface area (Å²) in [5.41, 5.74) is 5.70. The lowest BCUT2D eigenvalue weighted by molar-refractivity contribution is -0.384. The molecule has 4 fully saturated rings. The summed E-state index contributed by atoms with van der Waals surface area (Å²) < 4.78 is 0. The lowest BCUT2D eigenvalue weighted by atomic mass is 9.47. The Morgan fingerprint density at radius 3 is 2.00 bits per heavy atom. The minimum Gasteiger partial charge on any atom is -0.368 e. The molecule has 4 saturated carbocycles. The average Bonchev–Trinajstić information content (AvgIpc) is 2.58. The van der Waals surface area contributed by atoms with Gasteiger partial charge in [0.25, 0.3) is 11.6 Å². The van der Waals surface area contributed by atoms with E-state index in [0.717, 1.165) is 19.3 Å². The summed E-state index contributed by atoms with van der Waals surface area (Å²) in [5.74, 6) is 1.03. The van der Waals surface area contributed by atoms with Crippen LogP contribution in [-0.2, 0) is 4.79 Å². The molecule has 0 radical (unpaired) electrons. The van der Waals surface area contributed by atoms with E-state index >= 15 is 0 Å². The van der Waals surface area contributed by atoms with Crippen LogP contribution in [0.2, 0.25) is 0 Å². The van der Waals surface area contributed by atoms with Crippen molar-refractivity contribution in [3.63, 3.8) is 0 Å². The summed E-state index contributed by atoms with van der Waals surface area (Å²) >= 11 is 0. The molecule has 138 valence electrons. The minimum absolute atomic E-state index is 0.0749. The SMILES string of the molecule is NC(=O)C(NC(=O)c1ccc([N+](=O)[O-])cc1)C12CC3CC(CC(C3)C1)C2. The normalized spacial score (nSPS) is 32.8. The summed E-state index contributed by atoms with van der Waals surface area (Å²) in [5, 5.41) is 13.6. The molecule has 4 aliphatic carbocycles. The zero-order valence-electron chi connectivity index (χ0n) is 14.5. The molecule has 0 spiro atoms. The Hall–Kier alpha value is -2.44. The van der Waals surface area contributed by atoms with E-state index in [2.05, 4.69) is 5.32 Å². The van der Waals surface area contributed by atoms with Gasteiger partial charge in [-0.1, -0.05) is 0 Å². The van der Waals surface area contributed by atoms with Crippen LogP contribution in [0.3, 0.4) is 0 Å². The highest BCUT2D eigenvalue weighted by atomic mass is 16.6. The summed E-state index contributed by atoms with van der Waals surface area (Å²) in [6.45, 7) is 0. The molecule has 0 saturated heterocycles. The number of amides is 2. The Morgan fingerprint density at radius 2 is 1.58 bits per heavy atom. The number of primary amides is 1. The molecule has 1 atom stereocenters. The van der Waals surface area contributed by atoms with Crippen molar-refractivity contribution in [2.75, 3.05) is 0 Å². The lowest BCUT2D eigenvalue weighted by Gasteiger charge is -2.58. The number of carbonyl (C=O) groups is 2. The first-order valence-electron chi connectivity index (χ1n) is 9.21. The third-order valence-electron chi connectivity index (χ3n) is 6.60. The van der Waals surface area contributed by atoms with E-state index in [4.69, 9.17) is 5.73 Å². The Morgan fingerprint density at radius 1 is 1.08 bits per heavy atom. The zero-order valence-corrected chi connectivity index (χ0v) is 14.5. The number of nitrogens with zero attached hydrogens (tertiary/aromatic N) is 1. The van der Waals surface area contributed by atoms with Crippen molar-refractivity contribution in [3.05, 3.63) is 39.9 Å². The average molecular weight is 357 g/mol. The maximum atomic E-state index is 12.6. The lowest BCUT2D eigenvalue weighted by Crippen LogP contribution is -2.61. The maximum Gasteiger partial charge on any atom is 0.269 e. The van der Waals surface area contributed by atoms with Crippen LogP contribution in [0.5, 0.6) is 0 Å². The monoisotopic (exact) mass is 357 g/mol. The number of non-ortho nitro benzene ring substituents is 1. The van der Waals surface area contributed by atoms with E-state index in [1.165, 1.54) is 43.5 Å². The quantitative estimate of drug-likeness (QED) is 0.622. The fraction of sp³-hybridized carbons (Fsp3) is 0.579. The highest BCUT2D eigenvalue weighted by molar-refractivity contribution is 5.97. The molecule has 3 N–H and O–H groups in total. The van der Waals surface area contributed by atoms with E-state index in [-0.39, 0.29) is 11.1 Å². The summed E-state index contributed by atoms with van der Waals surface area (Å²) in [7, 11) is 0. The van der Waals surface area contributed by atoms with Crippen LogP contribution in [0.4, 0.5) is 5.69 Å². The van der Waals surface area contributed by atoms with Gasteiger partial charge in [-0.05, 0) is 68.4 Å². The number of rotatable bonds is 5. The predicted octanol–water partition coefficient (Wildman–Crippen LogP) is 2.39. The zero-order chi connectivity index (χ0) is 18.5. The molecule has 1 aromatic carbocycles. The van der Waals surface area contributed by atoms with Gasteiger partial charge in [0.15, 0.2) is 0 Å². The molecule has 7 nitrogen and oxygen atoms in total. The van der Waals surface area contributed by atoms with Gasteiger partial charge in [0.1, 0.15) is 6.04 Å². The van der Waals surface area contributed by atoms with Crippen LogP contribution in [-0.4, -0.2) is 22.8 Å². The van der Waals surface area contributed by atoms with Crippen LogP contribution >= 0.6 is 0 Å². The minimum atomic E-state index is -0.682. The molecule has 1 aromatic rings. The number of nitro groups is 1. The fourth-order valence-corrected chi connectivity index (χ4v) is 6.01. The van der Waals surface area contributed by atoms with Crippen LogP contribution in [0, 0.1) is 33.3 Å². The summed E-state index contributed by atoms with van der Waals surface area (Å²) in [6, 6.07) is 4.72. The second-order valence-corrected chi connectivity index (χ2v) is 8.39. The molecule has 4 aliphatic rings. The van der Waals surface area contributed by atoms with Gasteiger partial charge in [0, 0.05) is 23.1 Å². The van der Waals surface area contributed by atoms with E-state index in [0.29, 0.717) is 23.3 Å². The van der Waals surface area contributed by atoms with Crippen molar-refractivity contribution < 1.29 is 14.5 Å². The van der Waals surface area contributed by atoms with Crippen LogP contribution in [0.25, 0.3) is 0 Å². The Kier molecular flexibility index (Phi) is 3.97. The largest absolute Gasteiger partial charge is 0.368 e. The van der Waals surface area contributed by atoms with E-state index in [1.807, 2.05) is 0 Å². The standard InChI is InChI=1S/C19H23N3O4/c20-17(23)16(19-8-11-5-12(9-19)7-13(6-11)10-19)21-18(24)14-1-3-15(4-2-14)22(25)26/h1-4,11-13,16H,5-10H2,(H2,20,23)(H,21,24). The summed E-state index contributed by atoms with van der Waals surface area (Å²) in [6.07, 6.45) is 6.57. The van der Waals surface area contributed by atoms with Gasteiger partial charge in [-0.2, -0.15) is 0 Å². The van der Waals surface area contributed by atoms with Crippen molar-refractivity contribution in [2.45, 2.75) is 44.6 Å². The number of nitrogens with one attached hydrogen (secondary N) is 1. The van der Waals surface area contributed by atoms with Crippen molar-refractivity contribution in [1.82, 2.24) is 5.32 Å². The number of benzene rings is 1. The Bertz CT molecular complexity index is 723. The van der Waals surface area contributed by atoms with Gasteiger partial charge in [0.2, 0.25) is 5.91 Å². The first kappa shape index (κ1) is 17.0. The van der Waals surface area contributed by atoms with Crippen molar-refractivity contribution in [2.24, 2.45) is 28.9 Å². The van der Waals surface area contributed by atoms with Crippen molar-refractivity contribution >= 4 is 17.5 Å². The second kappa shape index (κ2) is 6.07. The predicted molar refractivity (Wildman–Crippen MR) is 94.2 cm³/mol. The molecule has 5 rings (SSSR count). The van der Waals surface area contributed by atoms with Crippen molar-refractivity contribution in [3.8, 4) is 0 Å². The number of nitrogens with two attached hydrogens (primary N) is 1. The van der Waals surface area contributed by atoms with Gasteiger partial charge in [0.05, 0.1) is 4.92 Å². The Labute approximate surface area is 151 Å². The molecular weight excluding hydrogens is 334 g/mol. The molecule has 0 heterocycles. The molecule has 26 heavy (non-hydrogen) atoms. The third kappa shape index (κ3) is 2.85. The van der Waals surface area contributed by atoms with Gasteiger partial charge in [-0.25, -0.2) is 0 Å². The molecule has 4 bridgehead atoms. The molecule has 0 aliphatic heterocycles. The van der Waals surface area contributed by atoms with E-state index < -0.39 is 22.8 Å². The van der Waals surface area contributed by atoms with Crippen LogP contribution < -0.4 is 11.1 Å². The van der Waals surface area contributed by atoms with Gasteiger partial charge < -0.3 is 11.1 Å². The fourth-order valence-electron chi connectivity index (χ4n) is 6.01. The van der Waals surface area contributed by atoms with Crippen LogP contribution in [0.1, 0.15) is 48.9 Å². The van der Waals surface area contributed by atoms with Crippen molar-refractivity contribution in [1.29, 1.82) is 0 Å². The highest BCUT2D eigenvalue weighted by Gasteiger charge is 2.56. The second-order valence-electron chi connectivity index (χ2n) is 8.39. The number of hydrogen-bond donors (Lipinski definition) is 2.